The summed E-state index contributed by atoms with van der Waals surface area (Å²) in [5.74, 6) is 0.884. The van der Waals surface area contributed by atoms with E-state index in [1.54, 1.807) is 7.11 Å². The normalized spacial score (nSPS) is 11.8. The first-order valence-corrected chi connectivity index (χ1v) is 6.18. The quantitative estimate of drug-likeness (QED) is 0.807. The third-order valence-corrected chi connectivity index (χ3v) is 2.80. The number of nitrogens with one attached hydrogen (secondary N) is 2. The first-order valence-electron chi connectivity index (χ1n) is 5.77. The van der Waals surface area contributed by atoms with Gasteiger partial charge < -0.3 is 15.4 Å². The number of rotatable bonds is 4. The maximum atomic E-state index is 5.36. The number of hydrogen-bond acceptors (Lipinski definition) is 2. The van der Waals surface area contributed by atoms with Crippen LogP contribution in [0.1, 0.15) is 31.0 Å². The van der Waals surface area contributed by atoms with Gasteiger partial charge in [-0.15, -0.1) is 0 Å². The Morgan fingerprint density at radius 3 is 2.76 bits per heavy atom. The Kier molecular flexibility index (Phi) is 5.22. The molecule has 1 atom stereocenters. The Balaban J connectivity index is 2.83. The van der Waals surface area contributed by atoms with Gasteiger partial charge in [-0.2, -0.15) is 0 Å². The molecule has 0 saturated carbocycles. The van der Waals surface area contributed by atoms with Crippen molar-refractivity contribution in [3.63, 3.8) is 0 Å². The van der Waals surface area contributed by atoms with Gasteiger partial charge in [0.2, 0.25) is 0 Å². The molecule has 0 aliphatic carbocycles. The molecule has 0 heterocycles. The molecule has 0 spiro atoms. The van der Waals surface area contributed by atoms with E-state index in [9.17, 15) is 0 Å². The zero-order valence-corrected chi connectivity index (χ0v) is 11.6. The molecule has 4 heteroatoms. The van der Waals surface area contributed by atoms with E-state index < -0.39 is 0 Å². The van der Waals surface area contributed by atoms with Crippen LogP contribution in [-0.2, 0) is 0 Å². The summed E-state index contributed by atoms with van der Waals surface area (Å²) in [4.78, 5) is 0. The maximum absolute atomic E-state index is 5.36. The van der Waals surface area contributed by atoms with E-state index in [1.807, 2.05) is 19.1 Å². The first kappa shape index (κ1) is 13.8. The smallest absolute Gasteiger partial charge is 0.166 e. The summed E-state index contributed by atoms with van der Waals surface area (Å²) in [6.07, 6.45) is 0. The van der Waals surface area contributed by atoms with Crippen molar-refractivity contribution in [3.8, 4) is 5.75 Å². The van der Waals surface area contributed by atoms with E-state index in [0.29, 0.717) is 5.11 Å². The number of ether oxygens (including phenoxy) is 1. The lowest BCUT2D eigenvalue weighted by atomic mass is 10.0. The van der Waals surface area contributed by atoms with E-state index in [1.165, 1.54) is 5.56 Å². The highest BCUT2D eigenvalue weighted by molar-refractivity contribution is 7.80. The van der Waals surface area contributed by atoms with E-state index in [4.69, 9.17) is 17.0 Å². The molecule has 0 amide bonds. The molecule has 17 heavy (non-hydrogen) atoms. The minimum absolute atomic E-state index is 0.122. The van der Waals surface area contributed by atoms with Gasteiger partial charge in [0.15, 0.2) is 5.11 Å². The van der Waals surface area contributed by atoms with Crippen molar-refractivity contribution in [1.29, 1.82) is 0 Å². The predicted molar refractivity (Wildman–Crippen MR) is 75.6 cm³/mol. The fourth-order valence-electron chi connectivity index (χ4n) is 1.68. The Morgan fingerprint density at radius 2 is 2.18 bits per heavy atom. The zero-order chi connectivity index (χ0) is 12.8. The van der Waals surface area contributed by atoms with Crippen LogP contribution in [0.5, 0.6) is 5.75 Å². The van der Waals surface area contributed by atoms with Crippen molar-refractivity contribution < 1.29 is 4.74 Å². The van der Waals surface area contributed by atoms with E-state index >= 15 is 0 Å². The SMILES string of the molecule is CCNC(=S)N[C@H](C)c1cc(C)ccc1OC. The second-order valence-electron chi connectivity index (χ2n) is 3.97. The molecule has 0 aliphatic rings. The summed E-state index contributed by atoms with van der Waals surface area (Å²) in [6, 6.07) is 6.26. The fraction of sp³-hybridized carbons (Fsp3) is 0.462. The van der Waals surface area contributed by atoms with Crippen LogP contribution in [0.4, 0.5) is 0 Å². The third-order valence-electron chi connectivity index (χ3n) is 2.54. The first-order chi connectivity index (χ1) is 8.08. The molecular formula is C13H20N2OS. The van der Waals surface area contributed by atoms with Crippen molar-refractivity contribution in [2.24, 2.45) is 0 Å². The van der Waals surface area contributed by atoms with Crippen LogP contribution < -0.4 is 15.4 Å². The van der Waals surface area contributed by atoms with Gasteiger partial charge in [0.25, 0.3) is 0 Å². The molecule has 0 aromatic heterocycles. The van der Waals surface area contributed by atoms with E-state index in [0.717, 1.165) is 17.9 Å². The molecule has 1 aromatic rings. The molecule has 0 aliphatic heterocycles. The summed E-state index contributed by atoms with van der Waals surface area (Å²) in [5, 5.41) is 6.99. The van der Waals surface area contributed by atoms with Crippen LogP contribution in [0, 0.1) is 6.92 Å². The van der Waals surface area contributed by atoms with Gasteiger partial charge in [-0.05, 0) is 39.1 Å². The van der Waals surface area contributed by atoms with Crippen LogP contribution in [-0.4, -0.2) is 18.8 Å². The summed E-state index contributed by atoms with van der Waals surface area (Å²) in [6.45, 7) is 6.98. The average Bonchev–Trinajstić information content (AvgIpc) is 2.29. The summed E-state index contributed by atoms with van der Waals surface area (Å²) in [7, 11) is 1.68. The molecule has 0 saturated heterocycles. The lowest BCUT2D eigenvalue weighted by Gasteiger charge is -2.19. The van der Waals surface area contributed by atoms with Gasteiger partial charge in [-0.3, -0.25) is 0 Å². The topological polar surface area (TPSA) is 33.3 Å². The molecule has 2 N–H and O–H groups in total. The minimum Gasteiger partial charge on any atom is -0.496 e. The zero-order valence-electron chi connectivity index (χ0n) is 10.8. The molecule has 1 rings (SSSR count). The Bertz CT molecular complexity index is 393. The van der Waals surface area contributed by atoms with Crippen molar-refractivity contribution in [3.05, 3.63) is 29.3 Å². The Morgan fingerprint density at radius 1 is 1.47 bits per heavy atom. The summed E-state index contributed by atoms with van der Waals surface area (Å²) in [5.41, 5.74) is 2.33. The standard InChI is InChI=1S/C13H20N2OS/c1-5-14-13(17)15-10(3)11-8-9(2)6-7-12(11)16-4/h6-8,10H,5H2,1-4H3,(H2,14,15,17)/t10-/m1/s1. The largest absolute Gasteiger partial charge is 0.496 e. The molecule has 94 valence electrons. The fourth-order valence-corrected chi connectivity index (χ4v) is 2.00. The lowest BCUT2D eigenvalue weighted by molar-refractivity contribution is 0.405. The average molecular weight is 252 g/mol. The van der Waals surface area contributed by atoms with Crippen LogP contribution in [0.2, 0.25) is 0 Å². The molecule has 3 nitrogen and oxygen atoms in total. The van der Waals surface area contributed by atoms with Crippen molar-refractivity contribution >= 4 is 17.3 Å². The molecule has 0 bridgehead atoms. The number of methoxy groups -OCH3 is 1. The molecule has 1 aromatic carbocycles. The number of aryl methyl sites for hydroxylation is 1. The molecular weight excluding hydrogens is 232 g/mol. The van der Waals surface area contributed by atoms with Crippen LogP contribution >= 0.6 is 12.2 Å². The van der Waals surface area contributed by atoms with E-state index in [-0.39, 0.29) is 6.04 Å². The molecule has 0 radical (unpaired) electrons. The number of benzene rings is 1. The van der Waals surface area contributed by atoms with Gasteiger partial charge in [-0.25, -0.2) is 0 Å². The maximum Gasteiger partial charge on any atom is 0.166 e. The number of thiocarbonyl (C=S) groups is 1. The van der Waals surface area contributed by atoms with Crippen LogP contribution in [0.15, 0.2) is 18.2 Å². The van der Waals surface area contributed by atoms with Crippen molar-refractivity contribution in [1.82, 2.24) is 10.6 Å². The lowest BCUT2D eigenvalue weighted by Crippen LogP contribution is -2.36. The minimum atomic E-state index is 0.122. The Hall–Kier alpha value is -1.29. The second kappa shape index (κ2) is 6.45. The second-order valence-corrected chi connectivity index (χ2v) is 4.38. The van der Waals surface area contributed by atoms with Gasteiger partial charge in [-0.1, -0.05) is 17.7 Å². The predicted octanol–water partition coefficient (Wildman–Crippen LogP) is 2.55. The highest BCUT2D eigenvalue weighted by Crippen LogP contribution is 2.25. The van der Waals surface area contributed by atoms with E-state index in [2.05, 4.69) is 30.5 Å². The Labute approximate surface area is 109 Å². The van der Waals surface area contributed by atoms with Crippen molar-refractivity contribution in [2.75, 3.05) is 13.7 Å². The van der Waals surface area contributed by atoms with Gasteiger partial charge in [0, 0.05) is 12.1 Å². The van der Waals surface area contributed by atoms with Gasteiger partial charge in [0.05, 0.1) is 13.2 Å². The third kappa shape index (κ3) is 3.89. The van der Waals surface area contributed by atoms with Gasteiger partial charge >= 0.3 is 0 Å². The summed E-state index contributed by atoms with van der Waals surface area (Å²) >= 11 is 5.18. The van der Waals surface area contributed by atoms with Crippen molar-refractivity contribution in [2.45, 2.75) is 26.8 Å². The molecule has 0 fully saturated rings. The molecule has 0 unspecified atom stereocenters. The monoisotopic (exact) mass is 252 g/mol. The van der Waals surface area contributed by atoms with Crippen LogP contribution in [0.3, 0.4) is 0 Å². The van der Waals surface area contributed by atoms with Gasteiger partial charge in [0.1, 0.15) is 5.75 Å². The highest BCUT2D eigenvalue weighted by atomic mass is 32.1. The summed E-state index contributed by atoms with van der Waals surface area (Å²) < 4.78 is 5.36. The van der Waals surface area contributed by atoms with Crippen LogP contribution in [0.25, 0.3) is 0 Å². The number of hydrogen-bond donors (Lipinski definition) is 2. The highest BCUT2D eigenvalue weighted by Gasteiger charge is 2.12.